The van der Waals surface area contributed by atoms with E-state index in [1.165, 1.54) is 0 Å². The monoisotopic (exact) mass is 206 g/mol. The third kappa shape index (κ3) is 3.50. The summed E-state index contributed by atoms with van der Waals surface area (Å²) in [7, 11) is 0. The van der Waals surface area contributed by atoms with Crippen molar-refractivity contribution in [3.05, 3.63) is 48.6 Å². The Morgan fingerprint density at radius 3 is 2.47 bits per heavy atom. The standard InChI is InChI=1S/C13H18O2/c1-2-12(13(15)9-6-10-14)11-7-4-3-5-8-11/h2-5,7-8,12-15H,1,6,9-10H2. The van der Waals surface area contributed by atoms with Gasteiger partial charge in [-0.1, -0.05) is 36.4 Å². The Hall–Kier alpha value is -1.12. The number of aliphatic hydroxyl groups is 2. The summed E-state index contributed by atoms with van der Waals surface area (Å²) in [6.07, 6.45) is 2.52. The third-order valence-corrected chi connectivity index (χ3v) is 2.51. The third-order valence-electron chi connectivity index (χ3n) is 2.51. The van der Waals surface area contributed by atoms with Gasteiger partial charge in [-0.05, 0) is 18.4 Å². The Labute approximate surface area is 90.9 Å². The molecule has 0 radical (unpaired) electrons. The van der Waals surface area contributed by atoms with E-state index in [4.69, 9.17) is 5.11 Å². The van der Waals surface area contributed by atoms with Gasteiger partial charge in [-0.3, -0.25) is 0 Å². The fraction of sp³-hybridized carbons (Fsp3) is 0.385. The molecule has 1 rings (SSSR count). The first-order valence-corrected chi connectivity index (χ1v) is 5.26. The maximum Gasteiger partial charge on any atom is 0.0644 e. The van der Waals surface area contributed by atoms with Gasteiger partial charge in [0, 0.05) is 12.5 Å². The van der Waals surface area contributed by atoms with Crippen LogP contribution in [-0.2, 0) is 0 Å². The molecular weight excluding hydrogens is 188 g/mol. The summed E-state index contributed by atoms with van der Waals surface area (Å²) in [6.45, 7) is 3.86. The Bertz CT molecular complexity index is 282. The molecule has 0 aliphatic heterocycles. The molecule has 2 N–H and O–H groups in total. The highest BCUT2D eigenvalue weighted by atomic mass is 16.3. The quantitative estimate of drug-likeness (QED) is 0.700. The second-order valence-electron chi connectivity index (χ2n) is 3.61. The molecule has 0 aliphatic rings. The zero-order valence-electron chi connectivity index (χ0n) is 8.84. The van der Waals surface area contributed by atoms with E-state index >= 15 is 0 Å². The van der Waals surface area contributed by atoms with Crippen LogP contribution in [0.5, 0.6) is 0 Å². The van der Waals surface area contributed by atoms with E-state index in [-0.39, 0.29) is 12.5 Å². The maximum atomic E-state index is 9.91. The molecule has 15 heavy (non-hydrogen) atoms. The predicted octanol–water partition coefficient (Wildman–Crippen LogP) is 2.09. The van der Waals surface area contributed by atoms with Crippen LogP contribution < -0.4 is 0 Å². The predicted molar refractivity (Wildman–Crippen MR) is 61.7 cm³/mol. The summed E-state index contributed by atoms with van der Waals surface area (Å²) in [6, 6.07) is 9.81. The summed E-state index contributed by atoms with van der Waals surface area (Å²) >= 11 is 0. The highest BCUT2D eigenvalue weighted by molar-refractivity contribution is 5.24. The lowest BCUT2D eigenvalue weighted by Gasteiger charge is -2.19. The van der Waals surface area contributed by atoms with Crippen molar-refractivity contribution in [1.29, 1.82) is 0 Å². The Morgan fingerprint density at radius 1 is 1.27 bits per heavy atom. The summed E-state index contributed by atoms with van der Waals surface area (Å²) in [5, 5.41) is 18.6. The minimum Gasteiger partial charge on any atom is -0.396 e. The van der Waals surface area contributed by atoms with Crippen LogP contribution in [0.1, 0.15) is 24.3 Å². The van der Waals surface area contributed by atoms with Crippen molar-refractivity contribution in [1.82, 2.24) is 0 Å². The topological polar surface area (TPSA) is 40.5 Å². The number of aliphatic hydroxyl groups excluding tert-OH is 2. The van der Waals surface area contributed by atoms with Crippen LogP contribution in [0.25, 0.3) is 0 Å². The zero-order valence-corrected chi connectivity index (χ0v) is 8.84. The Kier molecular flexibility index (Phi) is 5.08. The van der Waals surface area contributed by atoms with Gasteiger partial charge in [0.2, 0.25) is 0 Å². The van der Waals surface area contributed by atoms with E-state index in [0.29, 0.717) is 12.8 Å². The summed E-state index contributed by atoms with van der Waals surface area (Å²) in [5.41, 5.74) is 1.07. The second kappa shape index (κ2) is 6.38. The molecule has 0 bridgehead atoms. The minimum atomic E-state index is -0.461. The summed E-state index contributed by atoms with van der Waals surface area (Å²) < 4.78 is 0. The first-order chi connectivity index (χ1) is 7.29. The van der Waals surface area contributed by atoms with Crippen LogP contribution in [0.15, 0.2) is 43.0 Å². The average molecular weight is 206 g/mol. The Balaban J connectivity index is 2.67. The molecule has 2 atom stereocenters. The molecule has 0 heterocycles. The number of hydrogen-bond donors (Lipinski definition) is 2. The molecule has 1 aromatic carbocycles. The molecule has 0 aliphatic carbocycles. The van der Waals surface area contributed by atoms with Crippen molar-refractivity contribution in [3.63, 3.8) is 0 Å². The molecule has 0 spiro atoms. The van der Waals surface area contributed by atoms with E-state index in [2.05, 4.69) is 6.58 Å². The molecule has 2 nitrogen and oxygen atoms in total. The SMILES string of the molecule is C=CC(c1ccccc1)C(O)CCCO. The van der Waals surface area contributed by atoms with Crippen molar-refractivity contribution in [2.75, 3.05) is 6.61 Å². The van der Waals surface area contributed by atoms with E-state index in [0.717, 1.165) is 5.56 Å². The van der Waals surface area contributed by atoms with Crippen molar-refractivity contribution in [2.45, 2.75) is 24.9 Å². The van der Waals surface area contributed by atoms with E-state index < -0.39 is 6.10 Å². The van der Waals surface area contributed by atoms with Crippen molar-refractivity contribution >= 4 is 0 Å². The van der Waals surface area contributed by atoms with Crippen LogP contribution in [0.3, 0.4) is 0 Å². The van der Waals surface area contributed by atoms with Gasteiger partial charge >= 0.3 is 0 Å². The number of rotatable bonds is 6. The van der Waals surface area contributed by atoms with Gasteiger partial charge in [0.1, 0.15) is 0 Å². The van der Waals surface area contributed by atoms with Crippen LogP contribution in [0, 0.1) is 0 Å². The smallest absolute Gasteiger partial charge is 0.0644 e. The minimum absolute atomic E-state index is 0.0438. The van der Waals surface area contributed by atoms with Gasteiger partial charge in [-0.15, -0.1) is 6.58 Å². The number of benzene rings is 1. The van der Waals surface area contributed by atoms with Crippen LogP contribution in [-0.4, -0.2) is 22.9 Å². The molecule has 0 saturated carbocycles. The van der Waals surface area contributed by atoms with Crippen LogP contribution >= 0.6 is 0 Å². The van der Waals surface area contributed by atoms with E-state index in [1.807, 2.05) is 30.3 Å². The van der Waals surface area contributed by atoms with Crippen LogP contribution in [0.4, 0.5) is 0 Å². The molecule has 0 amide bonds. The Morgan fingerprint density at radius 2 is 1.93 bits per heavy atom. The fourth-order valence-corrected chi connectivity index (χ4v) is 1.67. The first-order valence-electron chi connectivity index (χ1n) is 5.26. The van der Waals surface area contributed by atoms with Gasteiger partial charge in [0.05, 0.1) is 6.10 Å². The van der Waals surface area contributed by atoms with E-state index in [9.17, 15) is 5.11 Å². The van der Waals surface area contributed by atoms with Gasteiger partial charge in [0.25, 0.3) is 0 Å². The zero-order chi connectivity index (χ0) is 11.1. The van der Waals surface area contributed by atoms with Crippen molar-refractivity contribution < 1.29 is 10.2 Å². The molecule has 0 saturated heterocycles. The molecule has 0 fully saturated rings. The lowest BCUT2D eigenvalue weighted by atomic mass is 9.91. The highest BCUT2D eigenvalue weighted by Crippen LogP contribution is 2.23. The summed E-state index contributed by atoms with van der Waals surface area (Å²) in [4.78, 5) is 0. The maximum absolute atomic E-state index is 9.91. The molecule has 82 valence electrons. The molecule has 0 aromatic heterocycles. The fourth-order valence-electron chi connectivity index (χ4n) is 1.67. The lowest BCUT2D eigenvalue weighted by Crippen LogP contribution is -2.17. The average Bonchev–Trinajstić information content (AvgIpc) is 2.29. The second-order valence-corrected chi connectivity index (χ2v) is 3.61. The summed E-state index contributed by atoms with van der Waals surface area (Å²) in [5.74, 6) is -0.0438. The highest BCUT2D eigenvalue weighted by Gasteiger charge is 2.16. The van der Waals surface area contributed by atoms with Gasteiger partial charge in [-0.2, -0.15) is 0 Å². The normalized spacial score (nSPS) is 14.5. The molecule has 2 unspecified atom stereocenters. The molecule has 1 aromatic rings. The van der Waals surface area contributed by atoms with E-state index in [1.54, 1.807) is 6.08 Å². The molecule has 2 heteroatoms. The number of hydrogen-bond acceptors (Lipinski definition) is 2. The van der Waals surface area contributed by atoms with Crippen molar-refractivity contribution in [3.8, 4) is 0 Å². The first kappa shape index (κ1) is 12.0. The van der Waals surface area contributed by atoms with Gasteiger partial charge in [0.15, 0.2) is 0 Å². The molecular formula is C13H18O2. The van der Waals surface area contributed by atoms with Gasteiger partial charge in [-0.25, -0.2) is 0 Å². The van der Waals surface area contributed by atoms with Crippen LogP contribution in [0.2, 0.25) is 0 Å². The van der Waals surface area contributed by atoms with Crippen molar-refractivity contribution in [2.24, 2.45) is 0 Å². The largest absolute Gasteiger partial charge is 0.396 e. The lowest BCUT2D eigenvalue weighted by molar-refractivity contribution is 0.136. The van der Waals surface area contributed by atoms with Gasteiger partial charge < -0.3 is 10.2 Å².